The fourth-order valence-electron chi connectivity index (χ4n) is 0.864. The van der Waals surface area contributed by atoms with Gasteiger partial charge in [0.2, 0.25) is 5.91 Å². The number of amides is 1. The Kier molecular flexibility index (Phi) is 5.20. The highest BCUT2D eigenvalue weighted by molar-refractivity contribution is 7.99. The number of carboxylic acid groups (broad SMARTS) is 1. The Morgan fingerprint density at radius 3 is 2.93 bits per heavy atom. The van der Waals surface area contributed by atoms with E-state index in [1.807, 2.05) is 17.5 Å². The van der Waals surface area contributed by atoms with Crippen molar-refractivity contribution in [3.8, 4) is 0 Å². The summed E-state index contributed by atoms with van der Waals surface area (Å²) in [5, 5.41) is 12.6. The highest BCUT2D eigenvalue weighted by Gasteiger charge is 2.04. The van der Waals surface area contributed by atoms with Crippen molar-refractivity contribution in [3.63, 3.8) is 0 Å². The Hall–Kier alpha value is -1.01. The summed E-state index contributed by atoms with van der Waals surface area (Å²) < 4.78 is 0. The standard InChI is InChI=1S/C9H11NO3S2/c11-8(10-4-9(12)13)6-14-5-7-2-1-3-15-7/h1-3H,4-6H2,(H,10,11)(H,12,13). The third-order valence-corrected chi connectivity index (χ3v) is 3.53. The molecule has 0 aliphatic carbocycles. The van der Waals surface area contributed by atoms with Crippen LogP contribution in [-0.4, -0.2) is 29.3 Å². The summed E-state index contributed by atoms with van der Waals surface area (Å²) in [6.07, 6.45) is 0. The van der Waals surface area contributed by atoms with Crippen LogP contribution in [0.25, 0.3) is 0 Å². The van der Waals surface area contributed by atoms with E-state index in [-0.39, 0.29) is 12.5 Å². The predicted octanol–water partition coefficient (Wildman–Crippen LogP) is 1.18. The number of carbonyl (C=O) groups is 2. The molecule has 0 saturated carbocycles. The second-order valence-corrected chi connectivity index (χ2v) is 4.76. The average Bonchev–Trinajstić information content (AvgIpc) is 2.67. The topological polar surface area (TPSA) is 66.4 Å². The van der Waals surface area contributed by atoms with Crippen molar-refractivity contribution < 1.29 is 14.7 Å². The molecule has 0 bridgehead atoms. The van der Waals surface area contributed by atoms with Crippen LogP contribution in [0.5, 0.6) is 0 Å². The van der Waals surface area contributed by atoms with Crippen molar-refractivity contribution in [2.45, 2.75) is 5.75 Å². The molecular weight excluding hydrogens is 234 g/mol. The zero-order valence-electron chi connectivity index (χ0n) is 7.93. The van der Waals surface area contributed by atoms with E-state index in [0.29, 0.717) is 5.75 Å². The van der Waals surface area contributed by atoms with E-state index in [0.717, 1.165) is 5.75 Å². The second kappa shape index (κ2) is 6.47. The summed E-state index contributed by atoms with van der Waals surface area (Å²) in [6, 6.07) is 3.97. The van der Waals surface area contributed by atoms with Crippen molar-refractivity contribution in [3.05, 3.63) is 22.4 Å². The first-order chi connectivity index (χ1) is 7.18. The fourth-order valence-corrected chi connectivity index (χ4v) is 2.56. The third-order valence-electron chi connectivity index (χ3n) is 1.49. The van der Waals surface area contributed by atoms with Gasteiger partial charge in [0.25, 0.3) is 0 Å². The molecular formula is C9H11NO3S2. The van der Waals surface area contributed by atoms with Crippen LogP contribution in [0.3, 0.4) is 0 Å². The molecule has 1 heterocycles. The van der Waals surface area contributed by atoms with E-state index in [1.165, 1.54) is 16.6 Å². The number of carbonyl (C=O) groups excluding carboxylic acids is 1. The molecule has 0 atom stereocenters. The van der Waals surface area contributed by atoms with Gasteiger partial charge in [0.15, 0.2) is 0 Å². The molecule has 1 aromatic heterocycles. The number of rotatable bonds is 6. The first-order valence-corrected chi connectivity index (χ1v) is 6.30. The van der Waals surface area contributed by atoms with Gasteiger partial charge in [-0.15, -0.1) is 23.1 Å². The summed E-state index contributed by atoms with van der Waals surface area (Å²) >= 11 is 3.12. The molecule has 6 heteroatoms. The Balaban J connectivity index is 2.09. The molecule has 4 nitrogen and oxygen atoms in total. The maximum absolute atomic E-state index is 11.1. The molecule has 1 amide bonds. The predicted molar refractivity (Wildman–Crippen MR) is 61.1 cm³/mol. The van der Waals surface area contributed by atoms with Gasteiger partial charge in [0.1, 0.15) is 6.54 Å². The summed E-state index contributed by atoms with van der Waals surface area (Å²) in [5.74, 6) is -0.172. The molecule has 0 fully saturated rings. The van der Waals surface area contributed by atoms with Gasteiger partial charge in [-0.05, 0) is 11.4 Å². The van der Waals surface area contributed by atoms with E-state index < -0.39 is 5.97 Å². The molecule has 1 aromatic rings. The Morgan fingerprint density at radius 1 is 1.53 bits per heavy atom. The first-order valence-electron chi connectivity index (χ1n) is 4.27. The minimum absolute atomic E-state index is 0.237. The van der Waals surface area contributed by atoms with Gasteiger partial charge >= 0.3 is 5.97 Å². The molecule has 0 spiro atoms. The quantitative estimate of drug-likeness (QED) is 0.790. The number of nitrogens with one attached hydrogen (secondary N) is 1. The zero-order valence-corrected chi connectivity index (χ0v) is 9.57. The molecule has 0 aliphatic rings. The van der Waals surface area contributed by atoms with Crippen molar-refractivity contribution >= 4 is 35.0 Å². The first kappa shape index (κ1) is 12.1. The summed E-state index contributed by atoms with van der Waals surface area (Å²) in [7, 11) is 0. The number of aliphatic carboxylic acids is 1. The van der Waals surface area contributed by atoms with Crippen molar-refractivity contribution in [2.24, 2.45) is 0 Å². The number of thioether (sulfide) groups is 1. The maximum atomic E-state index is 11.1. The Morgan fingerprint density at radius 2 is 2.33 bits per heavy atom. The minimum Gasteiger partial charge on any atom is -0.480 e. The van der Waals surface area contributed by atoms with Gasteiger partial charge in [-0.25, -0.2) is 0 Å². The van der Waals surface area contributed by atoms with Crippen LogP contribution < -0.4 is 5.32 Å². The molecule has 15 heavy (non-hydrogen) atoms. The number of thiophene rings is 1. The number of carboxylic acids is 1. The van der Waals surface area contributed by atoms with Crippen LogP contribution in [0.2, 0.25) is 0 Å². The van der Waals surface area contributed by atoms with E-state index >= 15 is 0 Å². The van der Waals surface area contributed by atoms with Crippen molar-refractivity contribution in [1.82, 2.24) is 5.32 Å². The van der Waals surface area contributed by atoms with E-state index in [1.54, 1.807) is 11.3 Å². The van der Waals surface area contributed by atoms with Gasteiger partial charge in [0.05, 0.1) is 5.75 Å². The largest absolute Gasteiger partial charge is 0.480 e. The molecule has 0 saturated heterocycles. The molecule has 0 unspecified atom stereocenters. The summed E-state index contributed by atoms with van der Waals surface area (Å²) in [5.41, 5.74) is 0. The lowest BCUT2D eigenvalue weighted by Gasteiger charge is -2.01. The molecule has 0 aromatic carbocycles. The number of hydrogen-bond donors (Lipinski definition) is 2. The van der Waals surface area contributed by atoms with Crippen LogP contribution in [0.15, 0.2) is 17.5 Å². The van der Waals surface area contributed by atoms with Crippen molar-refractivity contribution in [2.75, 3.05) is 12.3 Å². The van der Waals surface area contributed by atoms with Gasteiger partial charge in [0, 0.05) is 10.6 Å². The molecule has 0 radical (unpaired) electrons. The highest BCUT2D eigenvalue weighted by atomic mass is 32.2. The summed E-state index contributed by atoms with van der Waals surface area (Å²) in [6.45, 7) is -0.307. The number of hydrogen-bond acceptors (Lipinski definition) is 4. The zero-order chi connectivity index (χ0) is 11.1. The van der Waals surface area contributed by atoms with Gasteiger partial charge in [-0.1, -0.05) is 6.07 Å². The monoisotopic (exact) mass is 245 g/mol. The van der Waals surface area contributed by atoms with Crippen LogP contribution >= 0.6 is 23.1 Å². The molecule has 0 aliphatic heterocycles. The highest BCUT2D eigenvalue weighted by Crippen LogP contribution is 2.16. The van der Waals surface area contributed by atoms with Crippen LogP contribution in [0, 0.1) is 0 Å². The molecule has 82 valence electrons. The van der Waals surface area contributed by atoms with E-state index in [9.17, 15) is 9.59 Å². The Labute approximate surface area is 95.7 Å². The average molecular weight is 245 g/mol. The smallest absolute Gasteiger partial charge is 0.322 e. The fraction of sp³-hybridized carbons (Fsp3) is 0.333. The van der Waals surface area contributed by atoms with Crippen LogP contribution in [0.1, 0.15) is 4.88 Å². The van der Waals surface area contributed by atoms with Gasteiger partial charge in [-0.2, -0.15) is 0 Å². The second-order valence-electron chi connectivity index (χ2n) is 2.74. The SMILES string of the molecule is O=C(O)CNC(=O)CSCc1cccs1. The Bertz CT molecular complexity index is 324. The molecule has 1 rings (SSSR count). The van der Waals surface area contributed by atoms with Crippen LogP contribution in [0.4, 0.5) is 0 Å². The van der Waals surface area contributed by atoms with E-state index in [4.69, 9.17) is 5.11 Å². The lowest BCUT2D eigenvalue weighted by molar-refractivity contribution is -0.137. The third kappa shape index (κ3) is 5.44. The van der Waals surface area contributed by atoms with Gasteiger partial charge < -0.3 is 10.4 Å². The normalized spacial score (nSPS) is 9.87. The van der Waals surface area contributed by atoms with Crippen LogP contribution in [-0.2, 0) is 15.3 Å². The van der Waals surface area contributed by atoms with E-state index in [2.05, 4.69) is 5.32 Å². The lowest BCUT2D eigenvalue weighted by Crippen LogP contribution is -2.30. The van der Waals surface area contributed by atoms with Crippen molar-refractivity contribution in [1.29, 1.82) is 0 Å². The lowest BCUT2D eigenvalue weighted by atomic mass is 10.5. The molecule has 2 N–H and O–H groups in total. The van der Waals surface area contributed by atoms with Gasteiger partial charge in [-0.3, -0.25) is 9.59 Å². The minimum atomic E-state index is -1.02. The summed E-state index contributed by atoms with van der Waals surface area (Å²) in [4.78, 5) is 22.4. The maximum Gasteiger partial charge on any atom is 0.322 e.